The Kier molecular flexibility index (Phi) is 2.52. The number of carbonyl (C=O) groups is 1. The highest BCUT2D eigenvalue weighted by atomic mass is 16.6. The Morgan fingerprint density at radius 1 is 1.64 bits per heavy atom. The first kappa shape index (κ1) is 8.11. The normalized spacial score (nSPS) is 15.5. The molecule has 3 nitrogen and oxygen atoms in total. The van der Waals surface area contributed by atoms with Gasteiger partial charge in [0.25, 0.3) is 0 Å². The van der Waals surface area contributed by atoms with Crippen molar-refractivity contribution < 1.29 is 9.53 Å². The van der Waals surface area contributed by atoms with Crippen molar-refractivity contribution in [1.29, 1.82) is 0 Å². The molecule has 0 bridgehead atoms. The maximum Gasteiger partial charge on any atom is 0.410 e. The van der Waals surface area contributed by atoms with Gasteiger partial charge in [0.1, 0.15) is 6.61 Å². The molecule has 0 aliphatic carbocycles. The molecule has 0 atom stereocenters. The number of nitrogens with zero attached hydrogens (tertiary/aromatic N) is 1. The molecular weight excluding hydrogens is 142 g/mol. The number of likely N-dealkylation sites (tertiary alicyclic amines) is 1. The zero-order valence-corrected chi connectivity index (χ0v) is 6.80. The topological polar surface area (TPSA) is 29.5 Å². The molecule has 0 spiro atoms. The van der Waals surface area contributed by atoms with Crippen LogP contribution in [0.25, 0.3) is 0 Å². The zero-order chi connectivity index (χ0) is 8.27. The van der Waals surface area contributed by atoms with Crippen molar-refractivity contribution in [3.05, 3.63) is 12.2 Å². The number of carbonyl (C=O) groups excluding carboxylic acids is 1. The van der Waals surface area contributed by atoms with Crippen LogP contribution >= 0.6 is 0 Å². The fourth-order valence-electron chi connectivity index (χ4n) is 0.775. The number of hydrogen-bond donors (Lipinski definition) is 0. The molecule has 1 amide bonds. The maximum atomic E-state index is 11.0. The molecule has 1 rings (SSSR count). The smallest absolute Gasteiger partial charge is 0.410 e. The third-order valence-electron chi connectivity index (χ3n) is 1.56. The minimum atomic E-state index is -0.209. The van der Waals surface area contributed by atoms with Gasteiger partial charge < -0.3 is 9.64 Å². The van der Waals surface area contributed by atoms with E-state index in [0.717, 1.165) is 25.1 Å². The Labute approximate surface area is 66.6 Å². The van der Waals surface area contributed by atoms with Crippen LogP contribution in [0, 0.1) is 0 Å². The Morgan fingerprint density at radius 2 is 2.27 bits per heavy atom. The monoisotopic (exact) mass is 155 g/mol. The summed E-state index contributed by atoms with van der Waals surface area (Å²) in [6.45, 7) is 7.50. The van der Waals surface area contributed by atoms with E-state index in [9.17, 15) is 4.79 Å². The molecule has 62 valence electrons. The van der Waals surface area contributed by atoms with E-state index >= 15 is 0 Å². The minimum Gasteiger partial charge on any atom is -0.445 e. The first-order valence-electron chi connectivity index (χ1n) is 3.76. The van der Waals surface area contributed by atoms with Crippen LogP contribution in [-0.2, 0) is 4.74 Å². The second-order valence-electron chi connectivity index (χ2n) is 2.85. The van der Waals surface area contributed by atoms with Crippen molar-refractivity contribution in [1.82, 2.24) is 4.90 Å². The van der Waals surface area contributed by atoms with Crippen molar-refractivity contribution in [2.75, 3.05) is 19.7 Å². The van der Waals surface area contributed by atoms with E-state index in [1.54, 1.807) is 4.90 Å². The average molecular weight is 155 g/mol. The van der Waals surface area contributed by atoms with Crippen LogP contribution in [0.5, 0.6) is 0 Å². The van der Waals surface area contributed by atoms with Crippen molar-refractivity contribution in [2.24, 2.45) is 0 Å². The van der Waals surface area contributed by atoms with Crippen molar-refractivity contribution >= 4 is 6.09 Å². The molecule has 0 unspecified atom stereocenters. The molecule has 0 saturated carbocycles. The lowest BCUT2D eigenvalue weighted by Crippen LogP contribution is -2.42. The molecule has 0 aromatic carbocycles. The van der Waals surface area contributed by atoms with Gasteiger partial charge in [0.05, 0.1) is 0 Å². The molecule has 0 aromatic heterocycles. The molecule has 11 heavy (non-hydrogen) atoms. The van der Waals surface area contributed by atoms with Crippen LogP contribution in [0.3, 0.4) is 0 Å². The summed E-state index contributed by atoms with van der Waals surface area (Å²) in [5, 5.41) is 0. The van der Waals surface area contributed by atoms with Crippen LogP contribution in [0.2, 0.25) is 0 Å². The van der Waals surface area contributed by atoms with Crippen LogP contribution < -0.4 is 0 Å². The highest BCUT2D eigenvalue weighted by Crippen LogP contribution is 2.07. The standard InChI is InChI=1S/C8H13NO2/c1-7(2)6-11-8(10)9-4-3-5-9/h1,3-6H2,2H3. The summed E-state index contributed by atoms with van der Waals surface area (Å²) in [6, 6.07) is 0. The SMILES string of the molecule is C=C(C)COC(=O)N1CCC1. The van der Waals surface area contributed by atoms with E-state index in [2.05, 4.69) is 6.58 Å². The van der Waals surface area contributed by atoms with E-state index in [0.29, 0.717) is 6.61 Å². The largest absolute Gasteiger partial charge is 0.445 e. The van der Waals surface area contributed by atoms with E-state index in [1.165, 1.54) is 0 Å². The van der Waals surface area contributed by atoms with Gasteiger partial charge in [-0.3, -0.25) is 0 Å². The number of ether oxygens (including phenoxy) is 1. The van der Waals surface area contributed by atoms with Crippen LogP contribution in [0.1, 0.15) is 13.3 Å². The molecule has 0 N–H and O–H groups in total. The van der Waals surface area contributed by atoms with Crippen LogP contribution in [-0.4, -0.2) is 30.7 Å². The molecule has 1 heterocycles. The maximum absolute atomic E-state index is 11.0. The Hall–Kier alpha value is -0.990. The summed E-state index contributed by atoms with van der Waals surface area (Å²) in [4.78, 5) is 12.7. The summed E-state index contributed by atoms with van der Waals surface area (Å²) in [6.07, 6.45) is 0.890. The predicted molar refractivity (Wildman–Crippen MR) is 42.4 cm³/mol. The number of rotatable bonds is 2. The molecule has 0 radical (unpaired) electrons. The van der Waals surface area contributed by atoms with Gasteiger partial charge in [-0.2, -0.15) is 0 Å². The minimum absolute atomic E-state index is 0.209. The molecule has 1 aliphatic heterocycles. The summed E-state index contributed by atoms with van der Waals surface area (Å²) < 4.78 is 4.89. The summed E-state index contributed by atoms with van der Waals surface area (Å²) in [5.74, 6) is 0. The Balaban J connectivity index is 2.15. The van der Waals surface area contributed by atoms with Gasteiger partial charge >= 0.3 is 6.09 Å². The van der Waals surface area contributed by atoms with Gasteiger partial charge in [0, 0.05) is 13.1 Å². The molecule has 1 aliphatic rings. The third kappa shape index (κ3) is 2.26. The first-order chi connectivity index (χ1) is 5.20. The van der Waals surface area contributed by atoms with Crippen molar-refractivity contribution in [2.45, 2.75) is 13.3 Å². The van der Waals surface area contributed by atoms with E-state index in [1.807, 2.05) is 6.92 Å². The average Bonchev–Trinajstić information content (AvgIpc) is 1.79. The Bertz CT molecular complexity index is 173. The lowest BCUT2D eigenvalue weighted by atomic mass is 10.2. The van der Waals surface area contributed by atoms with Gasteiger partial charge in [-0.25, -0.2) is 4.79 Å². The number of hydrogen-bond acceptors (Lipinski definition) is 2. The van der Waals surface area contributed by atoms with Gasteiger partial charge in [0.2, 0.25) is 0 Å². The highest BCUT2D eigenvalue weighted by molar-refractivity contribution is 5.68. The van der Waals surface area contributed by atoms with Crippen LogP contribution in [0.15, 0.2) is 12.2 Å². The molecule has 1 fully saturated rings. The Morgan fingerprint density at radius 3 is 2.64 bits per heavy atom. The van der Waals surface area contributed by atoms with Crippen molar-refractivity contribution in [3.63, 3.8) is 0 Å². The molecule has 0 aromatic rings. The second-order valence-corrected chi connectivity index (χ2v) is 2.85. The van der Waals surface area contributed by atoms with Crippen LogP contribution in [0.4, 0.5) is 4.79 Å². The van der Waals surface area contributed by atoms with Gasteiger partial charge in [-0.1, -0.05) is 6.58 Å². The number of amides is 1. The second kappa shape index (κ2) is 3.42. The molecule has 3 heteroatoms. The summed E-state index contributed by atoms with van der Waals surface area (Å²) in [7, 11) is 0. The lowest BCUT2D eigenvalue weighted by molar-refractivity contribution is 0.0876. The highest BCUT2D eigenvalue weighted by Gasteiger charge is 2.20. The summed E-state index contributed by atoms with van der Waals surface area (Å²) in [5.41, 5.74) is 0.874. The lowest BCUT2D eigenvalue weighted by Gasteiger charge is -2.29. The third-order valence-corrected chi connectivity index (χ3v) is 1.56. The first-order valence-corrected chi connectivity index (χ1v) is 3.76. The van der Waals surface area contributed by atoms with E-state index in [4.69, 9.17) is 4.74 Å². The van der Waals surface area contributed by atoms with E-state index < -0.39 is 0 Å². The quantitative estimate of drug-likeness (QED) is 0.564. The predicted octanol–water partition coefficient (Wildman–Crippen LogP) is 1.40. The fourth-order valence-corrected chi connectivity index (χ4v) is 0.775. The molecule has 1 saturated heterocycles. The molecular formula is C8H13NO2. The fraction of sp³-hybridized carbons (Fsp3) is 0.625. The van der Waals surface area contributed by atoms with Crippen molar-refractivity contribution in [3.8, 4) is 0 Å². The zero-order valence-electron chi connectivity index (χ0n) is 6.80. The summed E-state index contributed by atoms with van der Waals surface area (Å²) >= 11 is 0. The van der Waals surface area contributed by atoms with E-state index in [-0.39, 0.29) is 6.09 Å². The van der Waals surface area contributed by atoms with Gasteiger partial charge in [0.15, 0.2) is 0 Å². The van der Waals surface area contributed by atoms with Gasteiger partial charge in [-0.15, -0.1) is 0 Å². The van der Waals surface area contributed by atoms with Gasteiger partial charge in [-0.05, 0) is 18.9 Å².